The van der Waals surface area contributed by atoms with E-state index in [1.54, 1.807) is 0 Å². The van der Waals surface area contributed by atoms with Gasteiger partial charge in [0.05, 0.1) is 6.10 Å². The van der Waals surface area contributed by atoms with E-state index < -0.39 is 0 Å². The molecular formula is C15H30N2O. The molecule has 1 saturated carbocycles. The van der Waals surface area contributed by atoms with Gasteiger partial charge in [-0.2, -0.15) is 0 Å². The van der Waals surface area contributed by atoms with Crippen molar-refractivity contribution >= 4 is 0 Å². The quantitative estimate of drug-likeness (QED) is 0.836. The van der Waals surface area contributed by atoms with Crippen molar-refractivity contribution in [1.29, 1.82) is 0 Å². The van der Waals surface area contributed by atoms with Crippen molar-refractivity contribution in [3.63, 3.8) is 0 Å². The van der Waals surface area contributed by atoms with Crippen molar-refractivity contribution in [2.75, 3.05) is 26.7 Å². The Kier molecular flexibility index (Phi) is 5.46. The van der Waals surface area contributed by atoms with E-state index in [9.17, 15) is 0 Å². The minimum Gasteiger partial charge on any atom is -0.380 e. The SMILES string of the molecule is CCC1CCC(N)C(CN2CCCC(OC)C2)C1. The smallest absolute Gasteiger partial charge is 0.0698 e. The predicted molar refractivity (Wildman–Crippen MR) is 75.6 cm³/mol. The molecule has 1 aliphatic carbocycles. The zero-order chi connectivity index (χ0) is 13.0. The maximum atomic E-state index is 6.32. The zero-order valence-corrected chi connectivity index (χ0v) is 12.1. The highest BCUT2D eigenvalue weighted by Crippen LogP contribution is 2.31. The van der Waals surface area contributed by atoms with Gasteiger partial charge in [0.1, 0.15) is 0 Å². The van der Waals surface area contributed by atoms with E-state index in [-0.39, 0.29) is 0 Å². The predicted octanol–water partition coefficient (Wildman–Crippen LogP) is 2.25. The van der Waals surface area contributed by atoms with Crippen molar-refractivity contribution in [2.24, 2.45) is 17.6 Å². The van der Waals surface area contributed by atoms with Crippen LogP contribution < -0.4 is 5.73 Å². The Morgan fingerprint density at radius 2 is 2.11 bits per heavy atom. The summed E-state index contributed by atoms with van der Waals surface area (Å²) in [6.07, 6.45) is 8.18. The summed E-state index contributed by atoms with van der Waals surface area (Å²) in [5.41, 5.74) is 6.32. The van der Waals surface area contributed by atoms with Crippen LogP contribution in [-0.2, 0) is 4.74 Å². The van der Waals surface area contributed by atoms with E-state index in [1.165, 1.54) is 51.6 Å². The van der Waals surface area contributed by atoms with Crippen LogP contribution in [0, 0.1) is 11.8 Å². The molecular weight excluding hydrogens is 224 g/mol. The molecule has 4 unspecified atom stereocenters. The normalized spacial score (nSPS) is 38.8. The van der Waals surface area contributed by atoms with Crippen LogP contribution in [0.2, 0.25) is 0 Å². The molecule has 0 bridgehead atoms. The second-order valence-corrected chi connectivity index (χ2v) is 6.27. The van der Waals surface area contributed by atoms with E-state index >= 15 is 0 Å². The number of hydrogen-bond acceptors (Lipinski definition) is 3. The fourth-order valence-corrected chi connectivity index (χ4v) is 3.67. The number of likely N-dealkylation sites (tertiary alicyclic amines) is 1. The Morgan fingerprint density at radius 1 is 1.28 bits per heavy atom. The van der Waals surface area contributed by atoms with Gasteiger partial charge in [-0.25, -0.2) is 0 Å². The number of methoxy groups -OCH3 is 1. The Balaban J connectivity index is 1.83. The van der Waals surface area contributed by atoms with E-state index in [2.05, 4.69) is 11.8 Å². The summed E-state index contributed by atoms with van der Waals surface area (Å²) in [4.78, 5) is 2.58. The molecule has 0 aromatic carbocycles. The third-order valence-electron chi connectivity index (χ3n) is 5.02. The number of hydrogen-bond donors (Lipinski definition) is 1. The van der Waals surface area contributed by atoms with Gasteiger partial charge in [-0.1, -0.05) is 13.3 Å². The van der Waals surface area contributed by atoms with Crippen LogP contribution >= 0.6 is 0 Å². The van der Waals surface area contributed by atoms with Gasteiger partial charge in [-0.3, -0.25) is 0 Å². The molecule has 0 radical (unpaired) electrons. The molecule has 1 saturated heterocycles. The second-order valence-electron chi connectivity index (χ2n) is 6.27. The number of nitrogens with zero attached hydrogens (tertiary/aromatic N) is 1. The summed E-state index contributed by atoms with van der Waals surface area (Å²) in [5.74, 6) is 1.62. The van der Waals surface area contributed by atoms with Gasteiger partial charge in [0.2, 0.25) is 0 Å². The molecule has 0 aromatic heterocycles. The molecule has 0 spiro atoms. The Hall–Kier alpha value is -0.120. The zero-order valence-electron chi connectivity index (χ0n) is 12.1. The second kappa shape index (κ2) is 6.88. The maximum Gasteiger partial charge on any atom is 0.0698 e. The van der Waals surface area contributed by atoms with Gasteiger partial charge in [-0.15, -0.1) is 0 Å². The molecule has 0 aromatic rings. The van der Waals surface area contributed by atoms with Crippen molar-refractivity contribution in [3.8, 4) is 0 Å². The summed E-state index contributed by atoms with van der Waals surface area (Å²) in [6.45, 7) is 5.86. The van der Waals surface area contributed by atoms with Gasteiger partial charge in [0, 0.05) is 26.2 Å². The van der Waals surface area contributed by atoms with Gasteiger partial charge in [-0.05, 0) is 50.5 Å². The molecule has 4 atom stereocenters. The summed E-state index contributed by atoms with van der Waals surface area (Å²) in [7, 11) is 1.84. The number of nitrogens with two attached hydrogens (primary N) is 1. The van der Waals surface area contributed by atoms with Gasteiger partial charge in [0.25, 0.3) is 0 Å². The first-order chi connectivity index (χ1) is 8.72. The van der Waals surface area contributed by atoms with Crippen LogP contribution in [0.15, 0.2) is 0 Å². The molecule has 1 heterocycles. The molecule has 106 valence electrons. The first-order valence-electron chi connectivity index (χ1n) is 7.73. The van der Waals surface area contributed by atoms with Crippen LogP contribution in [0.3, 0.4) is 0 Å². The first-order valence-corrected chi connectivity index (χ1v) is 7.73. The molecule has 2 N–H and O–H groups in total. The average molecular weight is 254 g/mol. The number of rotatable bonds is 4. The van der Waals surface area contributed by atoms with E-state index in [0.717, 1.165) is 12.5 Å². The van der Waals surface area contributed by atoms with Crippen LogP contribution in [0.25, 0.3) is 0 Å². The highest BCUT2D eigenvalue weighted by Gasteiger charge is 2.30. The van der Waals surface area contributed by atoms with E-state index in [1.807, 2.05) is 7.11 Å². The molecule has 3 heteroatoms. The van der Waals surface area contributed by atoms with Gasteiger partial charge >= 0.3 is 0 Å². The Labute approximate surface area is 112 Å². The monoisotopic (exact) mass is 254 g/mol. The molecule has 1 aliphatic heterocycles. The van der Waals surface area contributed by atoms with Gasteiger partial charge < -0.3 is 15.4 Å². The van der Waals surface area contributed by atoms with Crippen LogP contribution in [-0.4, -0.2) is 43.8 Å². The minimum absolute atomic E-state index is 0.427. The largest absolute Gasteiger partial charge is 0.380 e. The molecule has 18 heavy (non-hydrogen) atoms. The number of ether oxygens (including phenoxy) is 1. The molecule has 0 amide bonds. The summed E-state index contributed by atoms with van der Waals surface area (Å²) < 4.78 is 5.51. The minimum atomic E-state index is 0.427. The van der Waals surface area contributed by atoms with E-state index in [0.29, 0.717) is 18.1 Å². The van der Waals surface area contributed by atoms with Crippen LogP contribution in [0.5, 0.6) is 0 Å². The standard InChI is InChI=1S/C15H30N2O/c1-3-12-6-7-15(16)13(9-12)10-17-8-4-5-14(11-17)18-2/h12-15H,3-11,16H2,1-2H3. The highest BCUT2D eigenvalue weighted by atomic mass is 16.5. The summed E-state index contributed by atoms with van der Waals surface area (Å²) >= 11 is 0. The topological polar surface area (TPSA) is 38.5 Å². The lowest BCUT2D eigenvalue weighted by Crippen LogP contribution is -2.47. The average Bonchev–Trinajstić information content (AvgIpc) is 2.41. The lowest BCUT2D eigenvalue weighted by atomic mass is 9.77. The third kappa shape index (κ3) is 3.69. The Bertz CT molecular complexity index is 247. The molecule has 2 aliphatic rings. The first kappa shape index (κ1) is 14.3. The van der Waals surface area contributed by atoms with Crippen molar-refractivity contribution in [2.45, 2.75) is 57.6 Å². The highest BCUT2D eigenvalue weighted by molar-refractivity contribution is 4.85. The summed E-state index contributed by atoms with van der Waals surface area (Å²) in [6, 6.07) is 0.427. The summed E-state index contributed by atoms with van der Waals surface area (Å²) in [5, 5.41) is 0. The lowest BCUT2D eigenvalue weighted by Gasteiger charge is -2.39. The van der Waals surface area contributed by atoms with Gasteiger partial charge in [0.15, 0.2) is 0 Å². The Morgan fingerprint density at radius 3 is 2.83 bits per heavy atom. The van der Waals surface area contributed by atoms with E-state index in [4.69, 9.17) is 10.5 Å². The molecule has 3 nitrogen and oxygen atoms in total. The fraction of sp³-hybridized carbons (Fsp3) is 1.00. The fourth-order valence-electron chi connectivity index (χ4n) is 3.67. The lowest BCUT2D eigenvalue weighted by molar-refractivity contribution is 0.0200. The van der Waals surface area contributed by atoms with Crippen molar-refractivity contribution in [3.05, 3.63) is 0 Å². The number of piperidine rings is 1. The molecule has 2 rings (SSSR count). The van der Waals surface area contributed by atoms with Crippen LogP contribution in [0.4, 0.5) is 0 Å². The van der Waals surface area contributed by atoms with Crippen molar-refractivity contribution in [1.82, 2.24) is 4.90 Å². The van der Waals surface area contributed by atoms with Crippen molar-refractivity contribution < 1.29 is 4.74 Å². The maximum absolute atomic E-state index is 6.32. The molecule has 2 fully saturated rings. The van der Waals surface area contributed by atoms with Crippen LogP contribution in [0.1, 0.15) is 45.4 Å². The third-order valence-corrected chi connectivity index (χ3v) is 5.02.